The summed E-state index contributed by atoms with van der Waals surface area (Å²) in [4.78, 5) is 0. The monoisotopic (exact) mass is 332 g/mol. The van der Waals surface area contributed by atoms with Gasteiger partial charge in [-0.1, -0.05) is 54.6 Å². The fraction of sp³-hybridized carbons (Fsp3) is 0.176. The van der Waals surface area contributed by atoms with E-state index >= 15 is 0 Å². The first-order valence-corrected chi connectivity index (χ1v) is 9.58. The zero-order valence-electron chi connectivity index (χ0n) is 12.5. The Morgan fingerprint density at radius 1 is 0.909 bits per heavy atom. The minimum Gasteiger partial charge on any atom is -0.454 e. The summed E-state index contributed by atoms with van der Waals surface area (Å²) >= 11 is 5.55. The van der Waals surface area contributed by atoms with E-state index in [0.29, 0.717) is 11.9 Å². The van der Waals surface area contributed by atoms with Crippen LogP contribution < -0.4 is 5.50 Å². The van der Waals surface area contributed by atoms with Gasteiger partial charge in [-0.15, -0.1) is 0 Å². The lowest BCUT2D eigenvalue weighted by molar-refractivity contribution is 0.340. The predicted molar refractivity (Wildman–Crippen MR) is 93.4 cm³/mol. The minimum absolute atomic E-state index is 0.633. The van der Waals surface area contributed by atoms with Gasteiger partial charge in [0, 0.05) is 31.4 Å². The summed E-state index contributed by atoms with van der Waals surface area (Å²) in [7, 11) is 3.14. The van der Waals surface area contributed by atoms with Crippen LogP contribution in [0.15, 0.2) is 59.0 Å². The Balaban J connectivity index is 2.14. The summed E-state index contributed by atoms with van der Waals surface area (Å²) in [5.74, 6) is 0.889. The molecule has 0 aliphatic rings. The fourth-order valence-corrected chi connectivity index (χ4v) is 4.10. The van der Waals surface area contributed by atoms with Crippen molar-refractivity contribution in [1.29, 1.82) is 0 Å². The van der Waals surface area contributed by atoms with Crippen molar-refractivity contribution in [2.45, 2.75) is 6.42 Å². The zero-order valence-corrected chi connectivity index (χ0v) is 14.2. The quantitative estimate of drug-likeness (QED) is 0.654. The van der Waals surface area contributed by atoms with Crippen molar-refractivity contribution < 1.29 is 13.5 Å². The van der Waals surface area contributed by atoms with Crippen molar-refractivity contribution in [3.8, 4) is 0 Å². The van der Waals surface area contributed by atoms with Crippen LogP contribution in [0.2, 0.25) is 0 Å². The molecule has 0 fully saturated rings. The molecule has 0 spiro atoms. The summed E-state index contributed by atoms with van der Waals surface area (Å²) in [6.07, 6.45) is 0.712. The summed E-state index contributed by atoms with van der Waals surface area (Å²) in [6.45, 7) is -2.60. The second-order valence-corrected chi connectivity index (χ2v) is 8.47. The number of benzene rings is 2. The molecule has 1 aromatic heterocycles. The molecule has 0 atom stereocenters. The molecule has 2 aromatic carbocycles. The third-order valence-corrected chi connectivity index (χ3v) is 6.80. The molecule has 0 unspecified atom stereocenters. The van der Waals surface area contributed by atoms with Gasteiger partial charge in [0.15, 0.2) is 5.50 Å². The van der Waals surface area contributed by atoms with Crippen molar-refractivity contribution >= 4 is 34.6 Å². The Hall–Kier alpha value is -1.45. The van der Waals surface area contributed by atoms with E-state index in [9.17, 15) is 0 Å². The van der Waals surface area contributed by atoms with Gasteiger partial charge in [0.2, 0.25) is 0 Å². The zero-order chi connectivity index (χ0) is 15.6. The van der Waals surface area contributed by atoms with E-state index in [1.165, 1.54) is 5.56 Å². The first-order valence-electron chi connectivity index (χ1n) is 6.94. The summed E-state index contributed by atoms with van der Waals surface area (Å²) in [5, 5.41) is 2.03. The molecule has 3 rings (SSSR count). The molecule has 0 amide bonds. The van der Waals surface area contributed by atoms with Crippen LogP contribution >= 0.6 is 6.49 Å². The fourth-order valence-electron chi connectivity index (χ4n) is 2.50. The maximum Gasteiger partial charge on any atom is 0.255 e. The van der Waals surface area contributed by atoms with Crippen molar-refractivity contribution in [2.24, 2.45) is 0 Å². The van der Waals surface area contributed by atoms with Crippen LogP contribution in [-0.4, -0.2) is 14.2 Å². The Bertz CT molecular complexity index is 818. The normalized spacial score (nSPS) is 11.9. The highest BCUT2D eigenvalue weighted by molar-refractivity contribution is 8.13. The first kappa shape index (κ1) is 15.4. The van der Waals surface area contributed by atoms with Crippen molar-refractivity contribution in [3.63, 3.8) is 0 Å². The molecule has 0 saturated carbocycles. The van der Waals surface area contributed by atoms with Crippen LogP contribution in [0, 0.1) is 0 Å². The number of hydrogen-bond donors (Lipinski definition) is 0. The molecule has 0 aliphatic heterocycles. The van der Waals surface area contributed by atoms with Gasteiger partial charge >= 0.3 is 0 Å². The molecular weight excluding hydrogens is 315 g/mol. The average molecular weight is 332 g/mol. The first-order chi connectivity index (χ1) is 10.7. The molecule has 1 heterocycles. The maximum absolute atomic E-state index is 6.11. The number of rotatable bonds is 5. The van der Waals surface area contributed by atoms with E-state index in [1.54, 1.807) is 14.2 Å². The molecule has 5 heteroatoms. The molecule has 3 nitrogen and oxygen atoms in total. The molecule has 0 aliphatic carbocycles. The Labute approximate surface area is 135 Å². The topological polar surface area (TPSA) is 31.6 Å². The largest absolute Gasteiger partial charge is 0.454 e. The van der Waals surface area contributed by atoms with Crippen LogP contribution in [0.5, 0.6) is 0 Å². The smallest absolute Gasteiger partial charge is 0.255 e. The van der Waals surface area contributed by atoms with E-state index < -0.39 is 6.49 Å². The molecular formula is C17H17O3PS. The summed E-state index contributed by atoms with van der Waals surface area (Å²) < 4.78 is 17.0. The molecule has 3 aromatic rings. The highest BCUT2D eigenvalue weighted by Gasteiger charge is 2.27. The van der Waals surface area contributed by atoms with Gasteiger partial charge in [0.05, 0.1) is 0 Å². The highest BCUT2D eigenvalue weighted by atomic mass is 32.5. The van der Waals surface area contributed by atoms with E-state index in [1.807, 2.05) is 42.5 Å². The number of furan rings is 1. The van der Waals surface area contributed by atoms with E-state index in [-0.39, 0.29) is 0 Å². The van der Waals surface area contributed by atoms with Crippen LogP contribution in [0.25, 0.3) is 10.8 Å². The standard InChI is InChI=1S/C17H17O3PS/c1-18-21(22,19-2)17-15-11-7-6-10-14(15)16(20-17)12-13-8-4-3-5-9-13/h3-11H,12H2,1-2H3. The van der Waals surface area contributed by atoms with Gasteiger partial charge in [-0.05, 0) is 17.4 Å². The second kappa shape index (κ2) is 6.35. The van der Waals surface area contributed by atoms with Crippen LogP contribution in [0.3, 0.4) is 0 Å². The van der Waals surface area contributed by atoms with E-state index in [2.05, 4.69) is 12.1 Å². The third kappa shape index (κ3) is 2.75. The van der Waals surface area contributed by atoms with Crippen molar-refractivity contribution in [3.05, 3.63) is 65.9 Å². The van der Waals surface area contributed by atoms with Crippen molar-refractivity contribution in [2.75, 3.05) is 14.2 Å². The van der Waals surface area contributed by atoms with Gasteiger partial charge in [0.1, 0.15) is 5.76 Å². The second-order valence-electron chi connectivity index (χ2n) is 4.90. The molecule has 0 bridgehead atoms. The van der Waals surface area contributed by atoms with Gasteiger partial charge in [-0.2, -0.15) is 0 Å². The lowest BCUT2D eigenvalue weighted by Crippen LogP contribution is -2.05. The molecule has 114 valence electrons. The Morgan fingerprint density at radius 2 is 1.50 bits per heavy atom. The maximum atomic E-state index is 6.11. The summed E-state index contributed by atoms with van der Waals surface area (Å²) in [6, 6.07) is 18.2. The van der Waals surface area contributed by atoms with Gasteiger partial charge in [-0.3, -0.25) is 0 Å². The average Bonchev–Trinajstić information content (AvgIpc) is 2.95. The number of hydrogen-bond acceptors (Lipinski definition) is 4. The SMILES string of the molecule is COP(=S)(OC)c1oc(Cc2ccccc2)c2ccccc12. The number of fused-ring (bicyclic) bond motifs is 1. The Kier molecular flexibility index (Phi) is 4.46. The van der Waals surface area contributed by atoms with Crippen LogP contribution in [-0.2, 0) is 27.3 Å². The van der Waals surface area contributed by atoms with Crippen LogP contribution in [0.4, 0.5) is 0 Å². The molecule has 0 radical (unpaired) electrons. The van der Waals surface area contributed by atoms with Gasteiger partial charge < -0.3 is 13.5 Å². The highest BCUT2D eigenvalue weighted by Crippen LogP contribution is 2.48. The van der Waals surface area contributed by atoms with Crippen LogP contribution in [0.1, 0.15) is 11.3 Å². The molecule has 22 heavy (non-hydrogen) atoms. The lowest BCUT2D eigenvalue weighted by Gasteiger charge is -2.15. The Morgan fingerprint density at radius 3 is 2.14 bits per heavy atom. The minimum atomic E-state index is -2.60. The third-order valence-electron chi connectivity index (χ3n) is 3.61. The molecule has 0 N–H and O–H groups in total. The molecule has 0 saturated heterocycles. The van der Waals surface area contributed by atoms with Gasteiger partial charge in [0.25, 0.3) is 6.49 Å². The van der Waals surface area contributed by atoms with Gasteiger partial charge in [-0.25, -0.2) is 0 Å². The van der Waals surface area contributed by atoms with E-state index in [4.69, 9.17) is 25.3 Å². The lowest BCUT2D eigenvalue weighted by atomic mass is 10.1. The summed E-state index contributed by atoms with van der Waals surface area (Å²) in [5.41, 5.74) is 1.82. The van der Waals surface area contributed by atoms with E-state index in [0.717, 1.165) is 16.5 Å². The van der Waals surface area contributed by atoms with Crippen molar-refractivity contribution in [1.82, 2.24) is 0 Å². The predicted octanol–water partition coefficient (Wildman–Crippen LogP) is 4.25.